The molecule has 0 aliphatic heterocycles. The lowest BCUT2D eigenvalue weighted by molar-refractivity contribution is 0.105. The van der Waals surface area contributed by atoms with E-state index >= 15 is 0 Å². The largest absolute Gasteiger partial charge is 0.491 e. The molecule has 0 amide bonds. The zero-order valence-electron chi connectivity index (χ0n) is 15.6. The van der Waals surface area contributed by atoms with E-state index in [1.165, 1.54) is 22.3 Å². The van der Waals surface area contributed by atoms with E-state index in [9.17, 15) is 5.11 Å². The number of aliphatic hydroxyl groups excluding tert-OH is 1. The molecule has 4 rings (SSSR count). The number of rotatable bonds is 6. The number of hydrogen-bond acceptors (Lipinski definition) is 3. The Labute approximate surface area is 170 Å². The minimum atomic E-state index is -0.613. The van der Waals surface area contributed by atoms with Crippen molar-refractivity contribution in [3.05, 3.63) is 100 Å². The monoisotopic (exact) mass is 393 g/mol. The number of hydrogen-bond donors (Lipinski definition) is 2. The molecule has 0 saturated carbocycles. The maximum atomic E-state index is 10.4. The van der Waals surface area contributed by atoms with Gasteiger partial charge in [-0.15, -0.1) is 0 Å². The highest BCUT2D eigenvalue weighted by molar-refractivity contribution is 6.30. The van der Waals surface area contributed by atoms with E-state index in [1.54, 1.807) is 24.3 Å². The second kappa shape index (κ2) is 8.78. The summed E-state index contributed by atoms with van der Waals surface area (Å²) in [5.41, 5.74) is 5.31. The van der Waals surface area contributed by atoms with Gasteiger partial charge < -0.3 is 15.2 Å². The Balaban J connectivity index is 1.45. The normalized spacial score (nSPS) is 14.6. The summed E-state index contributed by atoms with van der Waals surface area (Å²) in [7, 11) is 0. The molecular formula is C24H24ClNO2. The molecule has 1 aliphatic carbocycles. The van der Waals surface area contributed by atoms with Crippen LogP contribution in [-0.2, 0) is 12.8 Å². The number of aryl methyl sites for hydroxylation is 2. The highest BCUT2D eigenvalue weighted by Crippen LogP contribution is 2.32. The molecule has 3 aromatic carbocycles. The number of aliphatic hydroxyl groups is 1. The quantitative estimate of drug-likeness (QED) is 0.645. The smallest absolute Gasteiger partial charge is 0.119 e. The lowest BCUT2D eigenvalue weighted by atomic mass is 9.94. The third-order valence-corrected chi connectivity index (χ3v) is 5.46. The van der Waals surface area contributed by atoms with E-state index in [4.69, 9.17) is 16.3 Å². The second-order valence-electron chi connectivity index (χ2n) is 7.16. The van der Waals surface area contributed by atoms with E-state index in [2.05, 4.69) is 53.8 Å². The van der Waals surface area contributed by atoms with Crippen molar-refractivity contribution >= 4 is 11.6 Å². The molecule has 2 N–H and O–H groups in total. The van der Waals surface area contributed by atoms with Gasteiger partial charge in [0.15, 0.2) is 0 Å². The maximum absolute atomic E-state index is 10.4. The van der Waals surface area contributed by atoms with E-state index in [1.807, 2.05) is 0 Å². The van der Waals surface area contributed by atoms with Crippen molar-refractivity contribution in [2.24, 2.45) is 0 Å². The van der Waals surface area contributed by atoms with Crippen LogP contribution in [0.1, 0.15) is 28.3 Å². The maximum Gasteiger partial charge on any atom is 0.119 e. The summed E-state index contributed by atoms with van der Waals surface area (Å²) in [5, 5.41) is 14.7. The van der Waals surface area contributed by atoms with Gasteiger partial charge in [-0.3, -0.25) is 0 Å². The summed E-state index contributed by atoms with van der Waals surface area (Å²) in [6.07, 6.45) is 1.46. The van der Waals surface area contributed by atoms with E-state index in [-0.39, 0.29) is 12.6 Å². The first-order valence-electron chi connectivity index (χ1n) is 9.66. The number of nitrogens with one attached hydrogen (secondary N) is 1. The number of ether oxygens (including phenoxy) is 1. The second-order valence-corrected chi connectivity index (χ2v) is 7.59. The van der Waals surface area contributed by atoms with Gasteiger partial charge in [0, 0.05) is 11.6 Å². The van der Waals surface area contributed by atoms with E-state index < -0.39 is 6.10 Å². The average Bonchev–Trinajstić information content (AvgIpc) is 2.89. The van der Waals surface area contributed by atoms with Crippen LogP contribution in [0, 0.1) is 0 Å². The summed E-state index contributed by atoms with van der Waals surface area (Å²) in [5.74, 6) is 0.702. The summed E-state index contributed by atoms with van der Waals surface area (Å²) in [4.78, 5) is 0. The average molecular weight is 394 g/mol. The first kappa shape index (κ1) is 19.0. The van der Waals surface area contributed by atoms with Crippen LogP contribution in [0.25, 0.3) is 0 Å². The molecule has 144 valence electrons. The minimum absolute atomic E-state index is 0.0695. The first-order valence-corrected chi connectivity index (χ1v) is 10.0. The van der Waals surface area contributed by atoms with Crippen LogP contribution in [0.3, 0.4) is 0 Å². The molecule has 0 unspecified atom stereocenters. The Morgan fingerprint density at radius 1 is 0.893 bits per heavy atom. The van der Waals surface area contributed by atoms with Crippen molar-refractivity contribution in [2.75, 3.05) is 13.2 Å². The van der Waals surface area contributed by atoms with Gasteiger partial charge in [-0.25, -0.2) is 0 Å². The molecule has 1 atom stereocenters. The highest BCUT2D eigenvalue weighted by atomic mass is 35.5. The Kier molecular flexibility index (Phi) is 5.96. The summed E-state index contributed by atoms with van der Waals surface area (Å²) in [6.45, 7) is 0.672. The minimum Gasteiger partial charge on any atom is -0.491 e. The van der Waals surface area contributed by atoms with Gasteiger partial charge in [0.1, 0.15) is 18.5 Å². The molecule has 0 bridgehead atoms. The van der Waals surface area contributed by atoms with Crippen molar-refractivity contribution in [1.29, 1.82) is 0 Å². The van der Waals surface area contributed by atoms with Crippen LogP contribution >= 0.6 is 11.6 Å². The third-order valence-electron chi connectivity index (χ3n) is 5.21. The molecule has 0 spiro atoms. The van der Waals surface area contributed by atoms with Gasteiger partial charge in [-0.1, -0.05) is 60.1 Å². The van der Waals surface area contributed by atoms with Crippen LogP contribution in [0.5, 0.6) is 5.75 Å². The number of halogens is 1. The van der Waals surface area contributed by atoms with Gasteiger partial charge in [-0.2, -0.15) is 0 Å². The van der Waals surface area contributed by atoms with Gasteiger partial charge in [0.2, 0.25) is 0 Å². The molecule has 0 radical (unpaired) electrons. The van der Waals surface area contributed by atoms with Crippen LogP contribution in [0.15, 0.2) is 72.8 Å². The molecule has 0 aromatic heterocycles. The van der Waals surface area contributed by atoms with Gasteiger partial charge in [0.25, 0.3) is 0 Å². The van der Waals surface area contributed by atoms with Crippen molar-refractivity contribution < 1.29 is 9.84 Å². The Bertz CT molecular complexity index is 878. The lowest BCUT2D eigenvalue weighted by Gasteiger charge is -2.23. The van der Waals surface area contributed by atoms with Crippen LogP contribution in [0.4, 0.5) is 0 Å². The van der Waals surface area contributed by atoms with Gasteiger partial charge in [0.05, 0.1) is 6.04 Å². The molecule has 3 aromatic rings. The molecule has 0 saturated heterocycles. The molecule has 0 heterocycles. The predicted molar refractivity (Wildman–Crippen MR) is 113 cm³/mol. The Morgan fingerprint density at radius 3 is 2.07 bits per heavy atom. The van der Waals surface area contributed by atoms with E-state index in [0.717, 1.165) is 12.8 Å². The first-order chi connectivity index (χ1) is 13.7. The predicted octanol–water partition coefficient (Wildman–Crippen LogP) is 4.56. The summed E-state index contributed by atoms with van der Waals surface area (Å²) < 4.78 is 5.68. The standard InChI is InChI=1S/C24H24ClNO2/c25-19-11-13-21(14-12-19)28-16-20(27)15-26-24-22-7-3-1-5-17(22)9-10-18-6-2-4-8-23(18)24/h1-8,11-14,20,24,26-27H,9-10,15-16H2/t20-/m0/s1. The topological polar surface area (TPSA) is 41.5 Å². The zero-order valence-corrected chi connectivity index (χ0v) is 16.4. The van der Waals surface area contributed by atoms with Gasteiger partial charge >= 0.3 is 0 Å². The molecule has 3 nitrogen and oxygen atoms in total. The van der Waals surface area contributed by atoms with E-state index in [0.29, 0.717) is 17.3 Å². The zero-order chi connectivity index (χ0) is 19.3. The summed E-state index contributed by atoms with van der Waals surface area (Å²) in [6, 6.07) is 24.4. The fourth-order valence-electron chi connectivity index (χ4n) is 3.78. The fourth-order valence-corrected chi connectivity index (χ4v) is 3.91. The van der Waals surface area contributed by atoms with Gasteiger partial charge in [-0.05, 0) is 59.4 Å². The fraction of sp³-hybridized carbons (Fsp3) is 0.250. The molecular weight excluding hydrogens is 370 g/mol. The van der Waals surface area contributed by atoms with Crippen molar-refractivity contribution in [3.63, 3.8) is 0 Å². The Morgan fingerprint density at radius 2 is 1.46 bits per heavy atom. The Hall–Kier alpha value is -2.33. The van der Waals surface area contributed by atoms with Crippen molar-refractivity contribution in [1.82, 2.24) is 5.32 Å². The molecule has 0 fully saturated rings. The van der Waals surface area contributed by atoms with Crippen LogP contribution < -0.4 is 10.1 Å². The molecule has 1 aliphatic rings. The van der Waals surface area contributed by atoms with Crippen LogP contribution in [-0.4, -0.2) is 24.4 Å². The third kappa shape index (κ3) is 4.39. The number of fused-ring (bicyclic) bond motifs is 2. The SMILES string of the molecule is O[C@@H](CNC1c2ccccc2CCc2ccccc21)COc1ccc(Cl)cc1. The number of benzene rings is 3. The molecule has 4 heteroatoms. The lowest BCUT2D eigenvalue weighted by Crippen LogP contribution is -2.34. The van der Waals surface area contributed by atoms with Crippen LogP contribution in [0.2, 0.25) is 5.02 Å². The van der Waals surface area contributed by atoms with Crippen molar-refractivity contribution in [2.45, 2.75) is 25.0 Å². The highest BCUT2D eigenvalue weighted by Gasteiger charge is 2.23. The summed E-state index contributed by atoms with van der Waals surface area (Å²) >= 11 is 5.89. The van der Waals surface area contributed by atoms with Crippen molar-refractivity contribution in [3.8, 4) is 5.75 Å². The molecule has 28 heavy (non-hydrogen) atoms.